The molecular formula is C21H24N4O. The van der Waals surface area contributed by atoms with E-state index in [1.807, 2.05) is 18.7 Å². The first-order chi connectivity index (χ1) is 12.5. The number of H-pyrrole nitrogens is 1. The Labute approximate surface area is 153 Å². The van der Waals surface area contributed by atoms with Crippen LogP contribution in [-0.2, 0) is 0 Å². The number of benzene rings is 1. The van der Waals surface area contributed by atoms with E-state index in [1.165, 1.54) is 22.2 Å². The third-order valence-electron chi connectivity index (χ3n) is 5.46. The van der Waals surface area contributed by atoms with E-state index in [0.29, 0.717) is 17.3 Å². The van der Waals surface area contributed by atoms with Crippen molar-refractivity contribution in [2.45, 2.75) is 39.5 Å². The molecule has 1 saturated heterocycles. The molecule has 0 aliphatic carbocycles. The highest BCUT2D eigenvalue weighted by Gasteiger charge is 2.28. The fourth-order valence-corrected chi connectivity index (χ4v) is 4.16. The van der Waals surface area contributed by atoms with Crippen LogP contribution < -0.4 is 0 Å². The van der Waals surface area contributed by atoms with Crippen LogP contribution in [0.3, 0.4) is 0 Å². The maximum atomic E-state index is 12.8. The number of nitrogens with one attached hydrogen (secondary N) is 1. The summed E-state index contributed by atoms with van der Waals surface area (Å²) < 4.78 is 0. The minimum Gasteiger partial charge on any atom is -0.358 e. The molecule has 26 heavy (non-hydrogen) atoms. The number of hydrogen-bond donors (Lipinski definition) is 1. The van der Waals surface area contributed by atoms with E-state index >= 15 is 0 Å². The average molecular weight is 348 g/mol. The Morgan fingerprint density at radius 3 is 2.62 bits per heavy atom. The molecular weight excluding hydrogens is 324 g/mol. The van der Waals surface area contributed by atoms with Gasteiger partial charge >= 0.3 is 0 Å². The Morgan fingerprint density at radius 2 is 1.88 bits per heavy atom. The van der Waals surface area contributed by atoms with Crippen molar-refractivity contribution in [3.8, 4) is 0 Å². The lowest BCUT2D eigenvalue weighted by Gasteiger charge is -2.32. The second kappa shape index (κ2) is 6.56. The number of amides is 1. The molecule has 1 aliphatic rings. The van der Waals surface area contributed by atoms with Crippen LogP contribution in [-0.4, -0.2) is 38.8 Å². The van der Waals surface area contributed by atoms with Crippen LogP contribution in [0.2, 0.25) is 0 Å². The van der Waals surface area contributed by atoms with Crippen LogP contribution in [0, 0.1) is 20.8 Å². The van der Waals surface area contributed by atoms with Crippen molar-refractivity contribution in [2.75, 3.05) is 13.1 Å². The highest BCUT2D eigenvalue weighted by atomic mass is 16.2. The Morgan fingerprint density at radius 1 is 1.15 bits per heavy atom. The summed E-state index contributed by atoms with van der Waals surface area (Å²) in [6, 6.07) is 8.48. The summed E-state index contributed by atoms with van der Waals surface area (Å²) in [6.07, 6.45) is 3.64. The number of likely N-dealkylation sites (tertiary alicyclic amines) is 1. The summed E-state index contributed by atoms with van der Waals surface area (Å²) in [5.74, 6) is 1.25. The maximum Gasteiger partial charge on any atom is 0.257 e. The first-order valence-corrected chi connectivity index (χ1v) is 9.21. The quantitative estimate of drug-likeness (QED) is 0.764. The van der Waals surface area contributed by atoms with Gasteiger partial charge in [0.25, 0.3) is 5.91 Å². The van der Waals surface area contributed by atoms with Gasteiger partial charge in [-0.25, -0.2) is 9.97 Å². The van der Waals surface area contributed by atoms with E-state index in [4.69, 9.17) is 0 Å². The third-order valence-corrected chi connectivity index (χ3v) is 5.46. The van der Waals surface area contributed by atoms with Crippen molar-refractivity contribution >= 4 is 16.8 Å². The van der Waals surface area contributed by atoms with E-state index in [9.17, 15) is 4.79 Å². The molecule has 0 atom stereocenters. The largest absolute Gasteiger partial charge is 0.358 e. The molecule has 1 aromatic carbocycles. The van der Waals surface area contributed by atoms with Crippen LogP contribution in [0.15, 0.2) is 30.5 Å². The number of aromatic amines is 1. The standard InChI is InChI=1S/C21H24N4O/c1-13-18(12-22-15(3)23-13)21(26)25-10-8-16(9-11-25)20-14(2)24-19-7-5-4-6-17(19)20/h4-7,12,16,24H,8-11H2,1-3H3. The highest BCUT2D eigenvalue weighted by Crippen LogP contribution is 2.35. The molecule has 1 N–H and O–H groups in total. The van der Waals surface area contributed by atoms with Gasteiger partial charge in [-0.2, -0.15) is 0 Å². The second-order valence-electron chi connectivity index (χ2n) is 7.19. The zero-order valence-electron chi connectivity index (χ0n) is 15.5. The normalized spacial score (nSPS) is 15.6. The zero-order valence-corrected chi connectivity index (χ0v) is 15.5. The van der Waals surface area contributed by atoms with Crippen molar-refractivity contribution in [1.82, 2.24) is 19.9 Å². The van der Waals surface area contributed by atoms with Crippen LogP contribution in [0.25, 0.3) is 10.9 Å². The molecule has 0 bridgehead atoms. The molecule has 1 amide bonds. The number of aromatic nitrogens is 3. The summed E-state index contributed by atoms with van der Waals surface area (Å²) in [5, 5.41) is 1.32. The fourth-order valence-electron chi connectivity index (χ4n) is 4.16. The number of para-hydroxylation sites is 1. The van der Waals surface area contributed by atoms with Crippen molar-refractivity contribution in [2.24, 2.45) is 0 Å². The molecule has 5 heteroatoms. The summed E-state index contributed by atoms with van der Waals surface area (Å²) >= 11 is 0. The average Bonchev–Trinajstić information content (AvgIpc) is 2.97. The van der Waals surface area contributed by atoms with Crippen LogP contribution in [0.4, 0.5) is 0 Å². The van der Waals surface area contributed by atoms with Gasteiger partial charge in [-0.05, 0) is 51.2 Å². The number of rotatable bonds is 2. The lowest BCUT2D eigenvalue weighted by molar-refractivity contribution is 0.0711. The summed E-state index contributed by atoms with van der Waals surface area (Å²) in [5.41, 5.74) is 5.25. The SMILES string of the molecule is Cc1ncc(C(=O)N2CCC(c3c(C)[nH]c4ccccc34)CC2)c(C)n1. The molecule has 5 nitrogen and oxygen atoms in total. The van der Waals surface area contributed by atoms with Gasteiger partial charge in [0.05, 0.1) is 11.3 Å². The minimum atomic E-state index is 0.0524. The smallest absolute Gasteiger partial charge is 0.257 e. The molecule has 2 aromatic heterocycles. The molecule has 4 rings (SSSR count). The van der Waals surface area contributed by atoms with Gasteiger partial charge in [0.1, 0.15) is 5.82 Å². The van der Waals surface area contributed by atoms with Crippen molar-refractivity contribution < 1.29 is 4.79 Å². The number of fused-ring (bicyclic) bond motifs is 1. The number of aryl methyl sites for hydroxylation is 3. The summed E-state index contributed by atoms with van der Waals surface area (Å²) in [4.78, 5) is 26.8. The Balaban J connectivity index is 1.52. The molecule has 3 aromatic rings. The Hall–Kier alpha value is -2.69. The molecule has 1 aliphatic heterocycles. The predicted octanol–water partition coefficient (Wildman–Crippen LogP) is 3.90. The van der Waals surface area contributed by atoms with E-state index in [1.54, 1.807) is 6.20 Å². The van der Waals surface area contributed by atoms with Crippen molar-refractivity contribution in [3.05, 3.63) is 58.8 Å². The third kappa shape index (κ3) is 2.87. The Kier molecular flexibility index (Phi) is 4.23. The first-order valence-electron chi connectivity index (χ1n) is 9.21. The van der Waals surface area contributed by atoms with Gasteiger partial charge in [0, 0.05) is 35.9 Å². The van der Waals surface area contributed by atoms with E-state index in [-0.39, 0.29) is 5.91 Å². The number of carbonyl (C=O) groups is 1. The first kappa shape index (κ1) is 16.8. The monoisotopic (exact) mass is 348 g/mol. The van der Waals surface area contributed by atoms with Gasteiger partial charge < -0.3 is 9.88 Å². The number of hydrogen-bond acceptors (Lipinski definition) is 3. The van der Waals surface area contributed by atoms with E-state index in [0.717, 1.165) is 31.6 Å². The fraction of sp³-hybridized carbons (Fsp3) is 0.381. The molecule has 0 unspecified atom stereocenters. The number of nitrogens with zero attached hydrogens (tertiary/aromatic N) is 3. The van der Waals surface area contributed by atoms with Crippen molar-refractivity contribution in [3.63, 3.8) is 0 Å². The van der Waals surface area contributed by atoms with Crippen molar-refractivity contribution in [1.29, 1.82) is 0 Å². The van der Waals surface area contributed by atoms with Crippen LogP contribution in [0.5, 0.6) is 0 Å². The van der Waals surface area contributed by atoms with Gasteiger partial charge in [-0.1, -0.05) is 18.2 Å². The van der Waals surface area contributed by atoms with E-state index in [2.05, 4.69) is 46.1 Å². The number of carbonyl (C=O) groups excluding carboxylic acids is 1. The molecule has 0 saturated carbocycles. The van der Waals surface area contributed by atoms with Gasteiger partial charge in [0.2, 0.25) is 0 Å². The molecule has 3 heterocycles. The van der Waals surface area contributed by atoms with Gasteiger partial charge in [-0.3, -0.25) is 4.79 Å². The van der Waals surface area contributed by atoms with Crippen LogP contribution >= 0.6 is 0 Å². The lowest BCUT2D eigenvalue weighted by Crippen LogP contribution is -2.38. The molecule has 134 valence electrons. The van der Waals surface area contributed by atoms with E-state index < -0.39 is 0 Å². The molecule has 0 spiro atoms. The Bertz CT molecular complexity index is 967. The van der Waals surface area contributed by atoms with Crippen LogP contribution in [0.1, 0.15) is 51.9 Å². The summed E-state index contributed by atoms with van der Waals surface area (Å²) in [7, 11) is 0. The van der Waals surface area contributed by atoms with Gasteiger partial charge in [0.15, 0.2) is 0 Å². The minimum absolute atomic E-state index is 0.0524. The highest BCUT2D eigenvalue weighted by molar-refractivity contribution is 5.95. The summed E-state index contributed by atoms with van der Waals surface area (Å²) in [6.45, 7) is 7.42. The second-order valence-corrected chi connectivity index (χ2v) is 7.19. The topological polar surface area (TPSA) is 61.9 Å². The zero-order chi connectivity index (χ0) is 18.3. The number of piperidine rings is 1. The molecule has 1 fully saturated rings. The predicted molar refractivity (Wildman–Crippen MR) is 102 cm³/mol. The molecule has 0 radical (unpaired) electrons. The maximum absolute atomic E-state index is 12.8. The lowest BCUT2D eigenvalue weighted by atomic mass is 9.87. The van der Waals surface area contributed by atoms with Gasteiger partial charge in [-0.15, -0.1) is 0 Å².